The molecule has 3 atom stereocenters. The number of nitrogens with one attached hydrogen (secondary N) is 2. The van der Waals surface area contributed by atoms with Crippen LogP contribution in [0.5, 0.6) is 0 Å². The first-order valence-corrected chi connectivity index (χ1v) is 13.5. The van der Waals surface area contributed by atoms with Crippen LogP contribution in [0.1, 0.15) is 55.7 Å². The second kappa shape index (κ2) is 10.4. The number of piperidine rings is 1. The third kappa shape index (κ3) is 5.01. The second-order valence-corrected chi connectivity index (χ2v) is 10.5. The molecule has 0 bridgehead atoms. The summed E-state index contributed by atoms with van der Waals surface area (Å²) < 4.78 is 0. The number of amides is 1. The number of aliphatic hydroxyl groups excluding tert-OH is 2. The third-order valence-corrected chi connectivity index (χ3v) is 7.66. The van der Waals surface area contributed by atoms with Crippen molar-refractivity contribution in [3.63, 3.8) is 0 Å². The molecule has 0 saturated carbocycles. The summed E-state index contributed by atoms with van der Waals surface area (Å²) in [6.45, 7) is 5.13. The Morgan fingerprint density at radius 2 is 2.00 bits per heavy atom. The lowest BCUT2D eigenvalue weighted by molar-refractivity contribution is -0.134. The Morgan fingerprint density at radius 3 is 2.76 bits per heavy atom. The lowest BCUT2D eigenvalue weighted by atomic mass is 10.0. The van der Waals surface area contributed by atoms with E-state index in [-0.39, 0.29) is 11.9 Å². The fraction of sp³-hybridized carbons (Fsp3) is 0.519. The number of carbonyl (C=O) groups is 1. The summed E-state index contributed by atoms with van der Waals surface area (Å²) in [7, 11) is 0. The summed E-state index contributed by atoms with van der Waals surface area (Å²) in [5.41, 5.74) is 3.35. The molecule has 6 heterocycles. The van der Waals surface area contributed by atoms with Crippen molar-refractivity contribution in [1.29, 1.82) is 0 Å². The number of hydrogen-bond donors (Lipinski definition) is 4. The maximum absolute atomic E-state index is 12.9. The average molecular weight is 519 g/mol. The summed E-state index contributed by atoms with van der Waals surface area (Å²) in [6.07, 6.45) is 5.19. The average Bonchev–Trinajstić information content (AvgIpc) is 3.38. The van der Waals surface area contributed by atoms with Gasteiger partial charge in [0.1, 0.15) is 11.3 Å². The highest BCUT2D eigenvalue weighted by molar-refractivity contribution is 5.89. The van der Waals surface area contributed by atoms with Crippen molar-refractivity contribution >= 4 is 34.4 Å². The molecule has 1 unspecified atom stereocenters. The molecule has 0 aliphatic carbocycles. The van der Waals surface area contributed by atoms with Crippen molar-refractivity contribution in [2.45, 2.75) is 63.8 Å². The Hall–Kier alpha value is -3.41. The summed E-state index contributed by atoms with van der Waals surface area (Å²) in [5.74, 6) is 1.91. The van der Waals surface area contributed by atoms with Crippen molar-refractivity contribution in [2.24, 2.45) is 0 Å². The van der Waals surface area contributed by atoms with Gasteiger partial charge in [-0.2, -0.15) is 0 Å². The van der Waals surface area contributed by atoms with E-state index in [4.69, 9.17) is 15.0 Å². The minimum absolute atomic E-state index is 0.0378. The molecule has 0 spiro atoms. The highest BCUT2D eigenvalue weighted by Crippen LogP contribution is 2.30. The van der Waals surface area contributed by atoms with Crippen molar-refractivity contribution in [3.05, 3.63) is 41.3 Å². The Morgan fingerprint density at radius 1 is 1.16 bits per heavy atom. The minimum atomic E-state index is -0.673. The standard InChI is InChI=1S/C27H34N8O3/c1-16(36)21-11-18-13-29-27(33-24(18)25(31-21)34-8-3-2-4-9-34)32-23-6-5-17-15-35(10-7-20(17)30-23)26(38)22-12-19(37)14-28-22/h5-6,11,13,16,19,22,28,36-37H,2-4,7-10,12,14-15H2,1H3,(H,29,30,32,33)/t16?,19-,22-/m1/s1. The molecule has 3 aromatic heterocycles. The predicted molar refractivity (Wildman–Crippen MR) is 143 cm³/mol. The van der Waals surface area contributed by atoms with E-state index in [9.17, 15) is 15.0 Å². The molecule has 11 nitrogen and oxygen atoms in total. The molecule has 3 aliphatic heterocycles. The molecule has 200 valence electrons. The lowest BCUT2D eigenvalue weighted by Gasteiger charge is -2.30. The van der Waals surface area contributed by atoms with Crippen LogP contribution in [0.2, 0.25) is 0 Å². The van der Waals surface area contributed by atoms with Gasteiger partial charge in [0.05, 0.1) is 23.9 Å². The van der Waals surface area contributed by atoms with Crippen molar-refractivity contribution in [2.75, 3.05) is 36.4 Å². The van der Waals surface area contributed by atoms with E-state index >= 15 is 0 Å². The van der Waals surface area contributed by atoms with E-state index in [0.717, 1.165) is 53.9 Å². The molecular formula is C27H34N8O3. The summed E-state index contributed by atoms with van der Waals surface area (Å²) in [5, 5.41) is 27.1. The highest BCUT2D eigenvalue weighted by Gasteiger charge is 2.33. The van der Waals surface area contributed by atoms with E-state index in [1.807, 2.05) is 23.1 Å². The monoisotopic (exact) mass is 518 g/mol. The normalized spacial score (nSPS) is 22.4. The molecule has 3 aliphatic rings. The zero-order valence-corrected chi connectivity index (χ0v) is 21.6. The van der Waals surface area contributed by atoms with Gasteiger partial charge in [-0.1, -0.05) is 6.07 Å². The van der Waals surface area contributed by atoms with E-state index in [1.54, 1.807) is 13.1 Å². The van der Waals surface area contributed by atoms with Gasteiger partial charge < -0.3 is 30.6 Å². The molecule has 0 aromatic carbocycles. The summed E-state index contributed by atoms with van der Waals surface area (Å²) >= 11 is 0. The number of anilines is 3. The number of rotatable bonds is 5. The number of hydrogen-bond acceptors (Lipinski definition) is 10. The number of β-amino-alcohol motifs (C(OH)–C–C–N with tert-alkyl or cyclic N) is 1. The quantitative estimate of drug-likeness (QED) is 0.395. The Bertz CT molecular complexity index is 1340. The number of aromatic nitrogens is 4. The Balaban J connectivity index is 1.22. The first-order chi connectivity index (χ1) is 18.4. The fourth-order valence-corrected chi connectivity index (χ4v) is 5.56. The number of carbonyl (C=O) groups excluding carboxylic acids is 1. The Labute approximate surface area is 221 Å². The van der Waals surface area contributed by atoms with Gasteiger partial charge in [-0.25, -0.2) is 19.9 Å². The van der Waals surface area contributed by atoms with Crippen LogP contribution in [0.3, 0.4) is 0 Å². The molecule has 3 aromatic rings. The topological polar surface area (TPSA) is 140 Å². The molecule has 11 heteroatoms. The number of fused-ring (bicyclic) bond motifs is 2. The van der Waals surface area contributed by atoms with Gasteiger partial charge in [0.15, 0.2) is 5.82 Å². The van der Waals surface area contributed by atoms with Crippen molar-refractivity contribution in [1.82, 2.24) is 30.2 Å². The summed E-state index contributed by atoms with van der Waals surface area (Å²) in [4.78, 5) is 35.8. The van der Waals surface area contributed by atoms with E-state index in [2.05, 4.69) is 20.5 Å². The van der Waals surface area contributed by atoms with E-state index in [0.29, 0.717) is 49.9 Å². The van der Waals surface area contributed by atoms with Gasteiger partial charge in [0.2, 0.25) is 11.9 Å². The maximum atomic E-state index is 12.9. The van der Waals surface area contributed by atoms with Gasteiger partial charge in [0.25, 0.3) is 0 Å². The molecule has 38 heavy (non-hydrogen) atoms. The van der Waals surface area contributed by atoms with Crippen LogP contribution in [-0.2, 0) is 17.8 Å². The zero-order valence-electron chi connectivity index (χ0n) is 21.6. The smallest absolute Gasteiger partial charge is 0.240 e. The molecule has 1 amide bonds. The van der Waals surface area contributed by atoms with Crippen LogP contribution in [0.25, 0.3) is 10.9 Å². The largest absolute Gasteiger partial charge is 0.392 e. The van der Waals surface area contributed by atoms with Gasteiger partial charge in [-0.3, -0.25) is 4.79 Å². The van der Waals surface area contributed by atoms with Crippen LogP contribution in [0.15, 0.2) is 24.4 Å². The molecule has 6 rings (SSSR count). The van der Waals surface area contributed by atoms with Gasteiger partial charge >= 0.3 is 0 Å². The second-order valence-electron chi connectivity index (χ2n) is 10.5. The van der Waals surface area contributed by atoms with Gasteiger partial charge in [-0.15, -0.1) is 0 Å². The highest BCUT2D eigenvalue weighted by atomic mass is 16.3. The first kappa shape index (κ1) is 24.9. The number of nitrogens with zero attached hydrogens (tertiary/aromatic N) is 6. The number of aliphatic hydroxyl groups is 2. The van der Waals surface area contributed by atoms with E-state index < -0.39 is 12.2 Å². The first-order valence-electron chi connectivity index (χ1n) is 13.5. The van der Waals surface area contributed by atoms with Gasteiger partial charge in [0, 0.05) is 56.4 Å². The molecule has 4 N–H and O–H groups in total. The van der Waals surface area contributed by atoms with Crippen LogP contribution >= 0.6 is 0 Å². The molecule has 2 saturated heterocycles. The fourth-order valence-electron chi connectivity index (χ4n) is 5.56. The lowest BCUT2D eigenvalue weighted by Crippen LogP contribution is -2.45. The van der Waals surface area contributed by atoms with Crippen LogP contribution in [-0.4, -0.2) is 79.3 Å². The van der Waals surface area contributed by atoms with Crippen LogP contribution < -0.4 is 15.5 Å². The SMILES string of the molecule is CC(O)c1cc2cnc(Nc3ccc4c(n3)CCN(C(=O)[C@H]3C[C@@H](O)CN3)C4)nc2c(N2CCCCC2)n1. The van der Waals surface area contributed by atoms with Crippen molar-refractivity contribution < 1.29 is 15.0 Å². The Kier molecular flexibility index (Phi) is 6.81. The summed E-state index contributed by atoms with van der Waals surface area (Å²) in [6, 6.07) is 5.42. The molecular weight excluding hydrogens is 484 g/mol. The predicted octanol–water partition coefficient (Wildman–Crippen LogP) is 1.81. The zero-order chi connectivity index (χ0) is 26.2. The van der Waals surface area contributed by atoms with E-state index in [1.165, 1.54) is 6.42 Å². The van der Waals surface area contributed by atoms with Crippen LogP contribution in [0, 0.1) is 0 Å². The number of pyridine rings is 2. The van der Waals surface area contributed by atoms with Crippen molar-refractivity contribution in [3.8, 4) is 0 Å². The molecule has 0 radical (unpaired) electrons. The molecule has 2 fully saturated rings. The third-order valence-electron chi connectivity index (χ3n) is 7.66. The minimum Gasteiger partial charge on any atom is -0.392 e. The maximum Gasteiger partial charge on any atom is 0.240 e. The van der Waals surface area contributed by atoms with Gasteiger partial charge in [-0.05, 0) is 50.3 Å². The van der Waals surface area contributed by atoms with Crippen LogP contribution in [0.4, 0.5) is 17.6 Å².